The van der Waals surface area contributed by atoms with Gasteiger partial charge in [-0.25, -0.2) is 10.5 Å². The number of ether oxygens (including phenoxy) is 1. The molecule has 6 heteroatoms. The maximum atomic E-state index is 11.6. The highest BCUT2D eigenvalue weighted by atomic mass is 16.7. The van der Waals surface area contributed by atoms with Gasteiger partial charge in [0.15, 0.2) is 0 Å². The molecule has 2 aromatic rings. The van der Waals surface area contributed by atoms with Gasteiger partial charge in [-0.3, -0.25) is 9.63 Å². The minimum absolute atomic E-state index is 0.301. The molecule has 0 saturated carbocycles. The highest BCUT2D eigenvalue weighted by Gasteiger charge is 2.09. The lowest BCUT2D eigenvalue weighted by Gasteiger charge is -2.02. The number of fused-ring (bicyclic) bond motifs is 1. The second-order valence-electron chi connectivity index (χ2n) is 3.36. The number of hydroxylamine groups is 1. The smallest absolute Gasteiger partial charge is 0.295 e. The van der Waals surface area contributed by atoms with Crippen molar-refractivity contribution in [2.75, 3.05) is 20.3 Å². The Morgan fingerprint density at radius 2 is 2.35 bits per heavy atom. The van der Waals surface area contributed by atoms with Gasteiger partial charge in [0.1, 0.15) is 11.3 Å². The van der Waals surface area contributed by atoms with Gasteiger partial charge in [0.25, 0.3) is 5.91 Å². The van der Waals surface area contributed by atoms with Crippen LogP contribution in [-0.4, -0.2) is 35.6 Å². The Balaban J connectivity index is 1.99. The van der Waals surface area contributed by atoms with Gasteiger partial charge in [-0.15, -0.1) is 0 Å². The Bertz CT molecular complexity index is 476. The summed E-state index contributed by atoms with van der Waals surface area (Å²) in [4.78, 5) is 20.7. The summed E-state index contributed by atoms with van der Waals surface area (Å²) in [5, 5.41) is 0. The molecule has 0 radical (unpaired) electrons. The molecule has 2 heterocycles. The van der Waals surface area contributed by atoms with Crippen LogP contribution in [0.4, 0.5) is 0 Å². The van der Waals surface area contributed by atoms with Crippen molar-refractivity contribution in [1.29, 1.82) is 0 Å². The number of nitrogens with zero attached hydrogens (tertiary/aromatic N) is 2. The number of methoxy groups -OCH3 is 1. The zero-order valence-corrected chi connectivity index (χ0v) is 9.42. The molecule has 0 bridgehead atoms. The largest absolute Gasteiger partial charge is 0.382 e. The average Bonchev–Trinajstić information content (AvgIpc) is 2.78. The fourth-order valence-corrected chi connectivity index (χ4v) is 1.34. The molecule has 0 atom stereocenters. The highest BCUT2D eigenvalue weighted by molar-refractivity contribution is 5.92. The summed E-state index contributed by atoms with van der Waals surface area (Å²) in [6.07, 6.45) is 3.47. The number of pyridine rings is 1. The van der Waals surface area contributed by atoms with E-state index in [0.29, 0.717) is 18.9 Å². The van der Waals surface area contributed by atoms with Crippen molar-refractivity contribution in [2.45, 2.75) is 0 Å². The molecule has 0 aliphatic heterocycles. The summed E-state index contributed by atoms with van der Waals surface area (Å²) in [5.41, 5.74) is 3.33. The molecule has 90 valence electrons. The number of rotatable bonds is 5. The molecule has 0 aromatic carbocycles. The lowest BCUT2D eigenvalue weighted by Crippen LogP contribution is -2.25. The SMILES string of the molecule is COCCONC(=O)c1cn2ccccc2n1. The number of aromatic nitrogens is 2. The Morgan fingerprint density at radius 3 is 3.12 bits per heavy atom. The second kappa shape index (κ2) is 5.42. The summed E-state index contributed by atoms with van der Waals surface area (Å²) in [6.45, 7) is 0.723. The molecule has 1 N–H and O–H groups in total. The van der Waals surface area contributed by atoms with Crippen molar-refractivity contribution in [3.8, 4) is 0 Å². The molecular weight excluding hydrogens is 222 g/mol. The minimum atomic E-state index is -0.371. The molecule has 0 saturated heterocycles. The van der Waals surface area contributed by atoms with Crippen LogP contribution >= 0.6 is 0 Å². The van der Waals surface area contributed by atoms with E-state index in [1.807, 2.05) is 24.4 Å². The second-order valence-corrected chi connectivity index (χ2v) is 3.36. The summed E-state index contributed by atoms with van der Waals surface area (Å²) >= 11 is 0. The Morgan fingerprint density at radius 1 is 1.47 bits per heavy atom. The third kappa shape index (κ3) is 2.80. The first-order valence-corrected chi connectivity index (χ1v) is 5.16. The van der Waals surface area contributed by atoms with Gasteiger partial charge in [-0.05, 0) is 12.1 Å². The first kappa shape index (κ1) is 11.6. The average molecular weight is 235 g/mol. The monoisotopic (exact) mass is 235 g/mol. The van der Waals surface area contributed by atoms with Crippen LogP contribution in [-0.2, 0) is 9.57 Å². The van der Waals surface area contributed by atoms with Crippen LogP contribution in [0.5, 0.6) is 0 Å². The predicted octanol–water partition coefficient (Wildman–Crippen LogP) is 0.642. The number of carbonyl (C=O) groups excluding carboxylic acids is 1. The Hall–Kier alpha value is -1.92. The number of amides is 1. The van der Waals surface area contributed by atoms with Crippen LogP contribution in [0.1, 0.15) is 10.5 Å². The van der Waals surface area contributed by atoms with E-state index in [1.165, 1.54) is 0 Å². The molecule has 1 amide bonds. The summed E-state index contributed by atoms with van der Waals surface area (Å²) in [6, 6.07) is 5.55. The van der Waals surface area contributed by atoms with Crippen molar-refractivity contribution in [3.05, 3.63) is 36.3 Å². The van der Waals surface area contributed by atoms with Crippen molar-refractivity contribution in [1.82, 2.24) is 14.9 Å². The predicted molar refractivity (Wildman–Crippen MR) is 60.5 cm³/mol. The number of imidazole rings is 1. The number of nitrogens with one attached hydrogen (secondary N) is 1. The summed E-state index contributed by atoms with van der Waals surface area (Å²) < 4.78 is 6.55. The summed E-state index contributed by atoms with van der Waals surface area (Å²) in [5.74, 6) is -0.371. The Kier molecular flexibility index (Phi) is 3.69. The fraction of sp³-hybridized carbons (Fsp3) is 0.273. The van der Waals surface area contributed by atoms with Crippen LogP contribution in [0, 0.1) is 0 Å². The number of hydrogen-bond donors (Lipinski definition) is 1. The van der Waals surface area contributed by atoms with Crippen LogP contribution in [0.2, 0.25) is 0 Å². The van der Waals surface area contributed by atoms with E-state index in [0.717, 1.165) is 5.65 Å². The van der Waals surface area contributed by atoms with Gasteiger partial charge in [-0.2, -0.15) is 0 Å². The highest BCUT2D eigenvalue weighted by Crippen LogP contribution is 2.03. The first-order valence-electron chi connectivity index (χ1n) is 5.16. The van der Waals surface area contributed by atoms with Crippen molar-refractivity contribution in [2.24, 2.45) is 0 Å². The van der Waals surface area contributed by atoms with Crippen LogP contribution < -0.4 is 5.48 Å². The van der Waals surface area contributed by atoms with E-state index in [2.05, 4.69) is 10.5 Å². The quantitative estimate of drug-likeness (QED) is 0.610. The van der Waals surface area contributed by atoms with Gasteiger partial charge in [0.05, 0.1) is 13.2 Å². The number of carbonyl (C=O) groups is 1. The Labute approximate surface area is 98.1 Å². The molecule has 0 aliphatic carbocycles. The van der Waals surface area contributed by atoms with Gasteiger partial charge in [-0.1, -0.05) is 6.07 Å². The molecule has 0 aliphatic rings. The first-order chi connectivity index (χ1) is 8.31. The van der Waals surface area contributed by atoms with E-state index >= 15 is 0 Å². The van der Waals surface area contributed by atoms with Crippen LogP contribution in [0.3, 0.4) is 0 Å². The zero-order valence-electron chi connectivity index (χ0n) is 9.42. The lowest BCUT2D eigenvalue weighted by molar-refractivity contribution is 0.00861. The minimum Gasteiger partial charge on any atom is -0.382 e. The molecule has 0 unspecified atom stereocenters. The molecule has 0 fully saturated rings. The molecule has 17 heavy (non-hydrogen) atoms. The maximum absolute atomic E-state index is 11.6. The third-order valence-electron chi connectivity index (χ3n) is 2.15. The molecule has 6 nitrogen and oxygen atoms in total. The molecule has 0 spiro atoms. The van der Waals surface area contributed by atoms with E-state index < -0.39 is 0 Å². The van der Waals surface area contributed by atoms with Crippen molar-refractivity contribution < 1.29 is 14.4 Å². The fourth-order valence-electron chi connectivity index (χ4n) is 1.34. The number of hydrogen-bond acceptors (Lipinski definition) is 4. The van der Waals surface area contributed by atoms with E-state index in [9.17, 15) is 4.79 Å². The van der Waals surface area contributed by atoms with Gasteiger partial charge in [0, 0.05) is 19.5 Å². The molecule has 2 rings (SSSR count). The maximum Gasteiger partial charge on any atom is 0.295 e. The lowest BCUT2D eigenvalue weighted by atomic mass is 10.5. The van der Waals surface area contributed by atoms with Gasteiger partial charge in [0.2, 0.25) is 0 Å². The van der Waals surface area contributed by atoms with Crippen molar-refractivity contribution >= 4 is 11.6 Å². The van der Waals surface area contributed by atoms with E-state index in [1.54, 1.807) is 17.7 Å². The van der Waals surface area contributed by atoms with Crippen LogP contribution in [0.15, 0.2) is 30.6 Å². The molecular formula is C11H13N3O3. The van der Waals surface area contributed by atoms with E-state index in [-0.39, 0.29) is 5.91 Å². The molecule has 2 aromatic heterocycles. The summed E-state index contributed by atoms with van der Waals surface area (Å²) in [7, 11) is 1.56. The normalized spacial score (nSPS) is 10.6. The topological polar surface area (TPSA) is 64.9 Å². The van der Waals surface area contributed by atoms with Crippen molar-refractivity contribution in [3.63, 3.8) is 0 Å². The third-order valence-corrected chi connectivity index (χ3v) is 2.15. The van der Waals surface area contributed by atoms with Gasteiger partial charge >= 0.3 is 0 Å². The van der Waals surface area contributed by atoms with E-state index in [4.69, 9.17) is 9.57 Å². The van der Waals surface area contributed by atoms with Crippen LogP contribution in [0.25, 0.3) is 5.65 Å². The standard InChI is InChI=1S/C11H13N3O3/c1-16-6-7-17-13-11(15)9-8-14-5-3-2-4-10(14)12-9/h2-5,8H,6-7H2,1H3,(H,13,15). The zero-order chi connectivity index (χ0) is 12.1. The van der Waals surface area contributed by atoms with Gasteiger partial charge < -0.3 is 9.14 Å².